The van der Waals surface area contributed by atoms with Crippen LogP contribution in [0.25, 0.3) is 0 Å². The maximum absolute atomic E-state index is 11.4. The molecule has 5 nitrogen and oxygen atoms in total. The number of nitrogens with zero attached hydrogens (tertiary/aromatic N) is 1. The maximum Gasteiger partial charge on any atom is 0.222 e. The molecule has 1 aromatic heterocycles. The Bertz CT molecular complexity index is 420. The fourth-order valence-electron chi connectivity index (χ4n) is 2.06. The minimum absolute atomic E-state index is 0.276. The van der Waals surface area contributed by atoms with Crippen LogP contribution in [0.3, 0.4) is 0 Å². The molecule has 1 aliphatic rings. The van der Waals surface area contributed by atoms with E-state index in [1.165, 1.54) is 0 Å². The van der Waals surface area contributed by atoms with Gasteiger partial charge in [-0.15, -0.1) is 0 Å². The Morgan fingerprint density at radius 2 is 2.37 bits per heavy atom. The molecule has 1 amide bonds. The van der Waals surface area contributed by atoms with Crippen LogP contribution in [0.2, 0.25) is 0 Å². The lowest BCUT2D eigenvalue weighted by atomic mass is 10.4. The number of thiocarbonyl (C=S) groups is 1. The molecule has 19 heavy (non-hydrogen) atoms. The second kappa shape index (κ2) is 7.13. The summed E-state index contributed by atoms with van der Waals surface area (Å²) in [6, 6.07) is 3.75. The van der Waals surface area contributed by atoms with E-state index in [0.29, 0.717) is 18.1 Å². The number of hydrogen-bond donors (Lipinski definition) is 2. The molecule has 0 aliphatic carbocycles. The van der Waals surface area contributed by atoms with Crippen LogP contribution in [0.5, 0.6) is 0 Å². The van der Waals surface area contributed by atoms with Gasteiger partial charge in [0.25, 0.3) is 0 Å². The molecule has 2 rings (SSSR count). The maximum atomic E-state index is 11.4. The second-order valence-electron chi connectivity index (χ2n) is 4.53. The Kier molecular flexibility index (Phi) is 5.20. The van der Waals surface area contributed by atoms with Crippen LogP contribution >= 0.6 is 12.2 Å². The Morgan fingerprint density at radius 3 is 3.05 bits per heavy atom. The molecule has 1 aliphatic heterocycles. The van der Waals surface area contributed by atoms with Gasteiger partial charge in [-0.25, -0.2) is 0 Å². The molecular formula is C13H19N3O2S. The summed E-state index contributed by atoms with van der Waals surface area (Å²) < 4.78 is 5.19. The summed E-state index contributed by atoms with van der Waals surface area (Å²) >= 11 is 5.15. The predicted molar refractivity (Wildman–Crippen MR) is 76.6 cm³/mol. The van der Waals surface area contributed by atoms with Crippen molar-refractivity contribution in [3.05, 3.63) is 24.2 Å². The van der Waals surface area contributed by atoms with Crippen LogP contribution in [0, 0.1) is 0 Å². The van der Waals surface area contributed by atoms with E-state index >= 15 is 0 Å². The fourth-order valence-corrected chi connectivity index (χ4v) is 2.23. The minimum atomic E-state index is 0.276. The Balaban J connectivity index is 1.53. The average Bonchev–Trinajstić information content (AvgIpc) is 3.04. The normalized spacial score (nSPS) is 14.7. The van der Waals surface area contributed by atoms with E-state index < -0.39 is 0 Å². The quantitative estimate of drug-likeness (QED) is 0.607. The molecule has 2 N–H and O–H groups in total. The standard InChI is InChI=1S/C13H19N3O2S/c17-12-5-1-7-16(12)8-3-6-14-13(19)15-10-11-4-2-9-18-11/h2,4,9H,1,3,5-8,10H2,(H2,14,15,19). The number of rotatable bonds is 6. The van der Waals surface area contributed by atoms with Crippen LogP contribution < -0.4 is 10.6 Å². The van der Waals surface area contributed by atoms with E-state index in [1.54, 1.807) is 6.26 Å². The molecule has 2 heterocycles. The third-order valence-corrected chi connectivity index (χ3v) is 3.35. The highest BCUT2D eigenvalue weighted by Gasteiger charge is 2.18. The number of carbonyl (C=O) groups excluding carboxylic acids is 1. The molecule has 6 heteroatoms. The fraction of sp³-hybridized carbons (Fsp3) is 0.538. The van der Waals surface area contributed by atoms with Gasteiger partial charge in [0.2, 0.25) is 5.91 Å². The van der Waals surface area contributed by atoms with Gasteiger partial charge >= 0.3 is 0 Å². The Morgan fingerprint density at radius 1 is 1.47 bits per heavy atom. The molecule has 0 radical (unpaired) electrons. The second-order valence-corrected chi connectivity index (χ2v) is 4.93. The summed E-state index contributed by atoms with van der Waals surface area (Å²) in [5, 5.41) is 6.81. The molecule has 0 atom stereocenters. The molecule has 1 aromatic rings. The third-order valence-electron chi connectivity index (χ3n) is 3.07. The number of amides is 1. The monoisotopic (exact) mass is 281 g/mol. The van der Waals surface area contributed by atoms with Gasteiger partial charge in [0, 0.05) is 26.1 Å². The van der Waals surface area contributed by atoms with Crippen molar-refractivity contribution in [1.82, 2.24) is 15.5 Å². The first-order valence-corrected chi connectivity index (χ1v) is 6.98. The van der Waals surface area contributed by atoms with Crippen molar-refractivity contribution in [3.63, 3.8) is 0 Å². The first kappa shape index (κ1) is 13.9. The Hall–Kier alpha value is -1.56. The van der Waals surface area contributed by atoms with Crippen LogP contribution in [-0.2, 0) is 11.3 Å². The highest BCUT2D eigenvalue weighted by Crippen LogP contribution is 2.09. The lowest BCUT2D eigenvalue weighted by molar-refractivity contribution is -0.127. The zero-order valence-electron chi connectivity index (χ0n) is 10.9. The number of hydrogen-bond acceptors (Lipinski definition) is 3. The van der Waals surface area contributed by atoms with Crippen molar-refractivity contribution in [1.29, 1.82) is 0 Å². The molecule has 0 unspecified atom stereocenters. The SMILES string of the molecule is O=C1CCCN1CCCNC(=S)NCc1ccco1. The van der Waals surface area contributed by atoms with Crippen LogP contribution in [-0.4, -0.2) is 35.6 Å². The van der Waals surface area contributed by atoms with Gasteiger partial charge in [0.15, 0.2) is 5.11 Å². The van der Waals surface area contributed by atoms with Gasteiger partial charge in [-0.2, -0.15) is 0 Å². The molecule has 0 spiro atoms. The third kappa shape index (κ3) is 4.55. The summed E-state index contributed by atoms with van der Waals surface area (Å²) in [6.07, 6.45) is 4.25. The summed E-state index contributed by atoms with van der Waals surface area (Å²) in [7, 11) is 0. The number of carbonyl (C=O) groups is 1. The van der Waals surface area contributed by atoms with Crippen molar-refractivity contribution in [2.24, 2.45) is 0 Å². The topological polar surface area (TPSA) is 57.5 Å². The summed E-state index contributed by atoms with van der Waals surface area (Å²) in [6.45, 7) is 3.07. The minimum Gasteiger partial charge on any atom is -0.467 e. The number of nitrogens with one attached hydrogen (secondary N) is 2. The zero-order chi connectivity index (χ0) is 13.5. The van der Waals surface area contributed by atoms with E-state index in [4.69, 9.17) is 16.6 Å². The summed E-state index contributed by atoms with van der Waals surface area (Å²) in [5.41, 5.74) is 0. The van der Waals surface area contributed by atoms with Gasteiger partial charge in [-0.1, -0.05) is 0 Å². The van der Waals surface area contributed by atoms with Crippen LogP contribution in [0.4, 0.5) is 0 Å². The van der Waals surface area contributed by atoms with Crippen LogP contribution in [0.1, 0.15) is 25.0 Å². The van der Waals surface area contributed by atoms with E-state index in [2.05, 4.69) is 10.6 Å². The number of furan rings is 1. The smallest absolute Gasteiger partial charge is 0.222 e. The van der Waals surface area contributed by atoms with Gasteiger partial charge < -0.3 is 20.0 Å². The van der Waals surface area contributed by atoms with Crippen molar-refractivity contribution in [2.75, 3.05) is 19.6 Å². The lowest BCUT2D eigenvalue weighted by Gasteiger charge is -2.16. The summed E-state index contributed by atoms with van der Waals surface area (Å²) in [4.78, 5) is 13.3. The van der Waals surface area contributed by atoms with E-state index in [1.807, 2.05) is 17.0 Å². The van der Waals surface area contributed by atoms with E-state index in [9.17, 15) is 4.79 Å². The molecule has 104 valence electrons. The highest BCUT2D eigenvalue weighted by molar-refractivity contribution is 7.80. The van der Waals surface area contributed by atoms with E-state index in [-0.39, 0.29) is 5.91 Å². The van der Waals surface area contributed by atoms with Gasteiger partial charge in [0.1, 0.15) is 5.76 Å². The zero-order valence-corrected chi connectivity index (χ0v) is 11.7. The van der Waals surface area contributed by atoms with Gasteiger partial charge in [0.05, 0.1) is 12.8 Å². The number of likely N-dealkylation sites (tertiary alicyclic amines) is 1. The van der Waals surface area contributed by atoms with Gasteiger partial charge in [-0.05, 0) is 37.2 Å². The van der Waals surface area contributed by atoms with Crippen LogP contribution in [0.15, 0.2) is 22.8 Å². The lowest BCUT2D eigenvalue weighted by Crippen LogP contribution is -2.36. The van der Waals surface area contributed by atoms with E-state index in [0.717, 1.165) is 38.2 Å². The predicted octanol–water partition coefficient (Wildman–Crippen LogP) is 1.26. The van der Waals surface area contributed by atoms with Crippen molar-refractivity contribution in [3.8, 4) is 0 Å². The molecule has 0 aromatic carbocycles. The Labute approximate surface area is 118 Å². The molecule has 0 saturated carbocycles. The van der Waals surface area contributed by atoms with Crippen molar-refractivity contribution < 1.29 is 9.21 Å². The van der Waals surface area contributed by atoms with Gasteiger partial charge in [-0.3, -0.25) is 4.79 Å². The average molecular weight is 281 g/mol. The van der Waals surface area contributed by atoms with Crippen molar-refractivity contribution >= 4 is 23.2 Å². The first-order chi connectivity index (χ1) is 9.25. The molecule has 1 saturated heterocycles. The largest absolute Gasteiger partial charge is 0.467 e. The molecule has 0 bridgehead atoms. The van der Waals surface area contributed by atoms with Crippen molar-refractivity contribution in [2.45, 2.75) is 25.8 Å². The molecule has 1 fully saturated rings. The summed E-state index contributed by atoms with van der Waals surface area (Å²) in [5.74, 6) is 1.13. The first-order valence-electron chi connectivity index (χ1n) is 6.57. The molecular weight excluding hydrogens is 262 g/mol. The highest BCUT2D eigenvalue weighted by atomic mass is 32.1.